The SMILES string of the molecule is COc1cc(C=CCC(CO)C(O)c2ccc(O)c(OC)c2)ccc1O. The third kappa shape index (κ3) is 4.68. The highest BCUT2D eigenvalue weighted by Gasteiger charge is 2.20. The molecule has 26 heavy (non-hydrogen) atoms. The van der Waals surface area contributed by atoms with E-state index < -0.39 is 12.0 Å². The standard InChI is InChI=1S/C20H24O6/c1-25-18-10-13(6-8-16(18)22)4-3-5-15(12-21)20(24)14-7-9-17(23)19(11-14)26-2/h3-4,6-11,15,20-24H,5,12H2,1-2H3. The van der Waals surface area contributed by atoms with Gasteiger partial charge in [0, 0.05) is 12.5 Å². The quantitative estimate of drug-likeness (QED) is 0.578. The fourth-order valence-electron chi connectivity index (χ4n) is 2.63. The zero-order chi connectivity index (χ0) is 19.1. The van der Waals surface area contributed by atoms with Crippen molar-refractivity contribution in [3.8, 4) is 23.0 Å². The van der Waals surface area contributed by atoms with Gasteiger partial charge in [-0.25, -0.2) is 0 Å². The molecule has 0 amide bonds. The van der Waals surface area contributed by atoms with Gasteiger partial charge in [0.1, 0.15) is 0 Å². The number of hydrogen-bond acceptors (Lipinski definition) is 6. The first kappa shape index (κ1) is 19.6. The molecular weight excluding hydrogens is 336 g/mol. The van der Waals surface area contributed by atoms with Gasteiger partial charge in [0.05, 0.1) is 20.3 Å². The largest absolute Gasteiger partial charge is 0.504 e. The van der Waals surface area contributed by atoms with Crippen molar-refractivity contribution in [2.45, 2.75) is 12.5 Å². The van der Waals surface area contributed by atoms with E-state index in [1.165, 1.54) is 20.3 Å². The summed E-state index contributed by atoms with van der Waals surface area (Å²) >= 11 is 0. The number of rotatable bonds is 8. The Morgan fingerprint density at radius 1 is 0.962 bits per heavy atom. The molecule has 2 aromatic rings. The molecular formula is C20H24O6. The van der Waals surface area contributed by atoms with Crippen molar-refractivity contribution in [2.24, 2.45) is 5.92 Å². The number of allylic oxidation sites excluding steroid dienone is 1. The molecule has 0 saturated carbocycles. The van der Waals surface area contributed by atoms with E-state index in [2.05, 4.69) is 0 Å². The Bertz CT molecular complexity index is 756. The molecule has 6 heteroatoms. The number of phenolic OH excluding ortho intramolecular Hbond substituents is 2. The minimum atomic E-state index is -0.909. The van der Waals surface area contributed by atoms with E-state index >= 15 is 0 Å². The van der Waals surface area contributed by atoms with Gasteiger partial charge in [-0.2, -0.15) is 0 Å². The fourth-order valence-corrected chi connectivity index (χ4v) is 2.63. The maximum atomic E-state index is 10.5. The molecule has 0 radical (unpaired) electrons. The lowest BCUT2D eigenvalue weighted by molar-refractivity contribution is 0.0682. The van der Waals surface area contributed by atoms with E-state index in [1.54, 1.807) is 30.3 Å². The van der Waals surface area contributed by atoms with Crippen LogP contribution in [-0.4, -0.2) is 41.3 Å². The molecule has 2 aromatic carbocycles. The van der Waals surface area contributed by atoms with Crippen LogP contribution in [0.4, 0.5) is 0 Å². The van der Waals surface area contributed by atoms with E-state index in [4.69, 9.17) is 9.47 Å². The number of hydrogen-bond donors (Lipinski definition) is 4. The van der Waals surface area contributed by atoms with Gasteiger partial charge in [-0.15, -0.1) is 0 Å². The summed E-state index contributed by atoms with van der Waals surface area (Å²) in [5, 5.41) is 39.4. The third-order valence-corrected chi connectivity index (χ3v) is 4.18. The van der Waals surface area contributed by atoms with Crippen molar-refractivity contribution >= 4 is 6.08 Å². The Hall–Kier alpha value is -2.70. The van der Waals surface area contributed by atoms with Gasteiger partial charge in [-0.3, -0.25) is 0 Å². The molecule has 0 heterocycles. The highest BCUT2D eigenvalue weighted by Crippen LogP contribution is 2.33. The molecule has 0 spiro atoms. The summed E-state index contributed by atoms with van der Waals surface area (Å²) in [4.78, 5) is 0. The van der Waals surface area contributed by atoms with Gasteiger partial charge in [0.2, 0.25) is 0 Å². The molecule has 2 atom stereocenters. The predicted octanol–water partition coefficient (Wildman–Crippen LogP) is 2.86. The lowest BCUT2D eigenvalue weighted by Crippen LogP contribution is -2.16. The Morgan fingerprint density at radius 2 is 1.58 bits per heavy atom. The van der Waals surface area contributed by atoms with Crippen molar-refractivity contribution in [1.82, 2.24) is 0 Å². The average molecular weight is 360 g/mol. The van der Waals surface area contributed by atoms with Crippen molar-refractivity contribution in [3.63, 3.8) is 0 Å². The highest BCUT2D eigenvalue weighted by atomic mass is 16.5. The molecule has 140 valence electrons. The number of benzene rings is 2. The Labute approximate surface area is 152 Å². The van der Waals surface area contributed by atoms with Crippen LogP contribution in [0.15, 0.2) is 42.5 Å². The first-order valence-corrected chi connectivity index (χ1v) is 8.19. The van der Waals surface area contributed by atoms with E-state index in [0.29, 0.717) is 17.7 Å². The van der Waals surface area contributed by atoms with Crippen LogP contribution in [-0.2, 0) is 0 Å². The van der Waals surface area contributed by atoms with Crippen LogP contribution in [0.2, 0.25) is 0 Å². The minimum Gasteiger partial charge on any atom is -0.504 e. The summed E-state index contributed by atoms with van der Waals surface area (Å²) in [6.07, 6.45) is 3.19. The molecule has 4 N–H and O–H groups in total. The Morgan fingerprint density at radius 3 is 2.19 bits per heavy atom. The smallest absolute Gasteiger partial charge is 0.161 e. The zero-order valence-corrected chi connectivity index (χ0v) is 14.8. The van der Waals surface area contributed by atoms with Crippen molar-refractivity contribution in [3.05, 3.63) is 53.6 Å². The topological polar surface area (TPSA) is 99.4 Å². The van der Waals surface area contributed by atoms with Crippen LogP contribution in [0.5, 0.6) is 23.0 Å². The predicted molar refractivity (Wildman–Crippen MR) is 98.5 cm³/mol. The van der Waals surface area contributed by atoms with E-state index in [9.17, 15) is 20.4 Å². The van der Waals surface area contributed by atoms with Crippen LogP contribution in [0.25, 0.3) is 6.08 Å². The van der Waals surface area contributed by atoms with Gasteiger partial charge < -0.3 is 29.9 Å². The maximum Gasteiger partial charge on any atom is 0.161 e. The molecule has 0 aliphatic heterocycles. The van der Waals surface area contributed by atoms with E-state index in [0.717, 1.165) is 5.56 Å². The van der Waals surface area contributed by atoms with Crippen molar-refractivity contribution in [1.29, 1.82) is 0 Å². The summed E-state index contributed by atoms with van der Waals surface area (Å²) in [7, 11) is 2.91. The average Bonchev–Trinajstić information content (AvgIpc) is 2.66. The van der Waals surface area contributed by atoms with Gasteiger partial charge >= 0.3 is 0 Å². The summed E-state index contributed by atoms with van der Waals surface area (Å²) in [6.45, 7) is -0.201. The number of aromatic hydroxyl groups is 2. The summed E-state index contributed by atoms with van der Waals surface area (Å²) in [6, 6.07) is 9.57. The zero-order valence-electron chi connectivity index (χ0n) is 14.8. The van der Waals surface area contributed by atoms with Crippen molar-refractivity contribution < 1.29 is 29.9 Å². The van der Waals surface area contributed by atoms with Crippen LogP contribution in [0.1, 0.15) is 23.7 Å². The number of methoxy groups -OCH3 is 2. The molecule has 0 saturated heterocycles. The first-order chi connectivity index (χ1) is 12.5. The summed E-state index contributed by atoms with van der Waals surface area (Å²) in [5.74, 6) is 0.284. The number of aliphatic hydroxyl groups is 2. The lowest BCUT2D eigenvalue weighted by Gasteiger charge is -2.20. The second kappa shape index (κ2) is 9.12. The van der Waals surface area contributed by atoms with Gasteiger partial charge in [0.15, 0.2) is 23.0 Å². The van der Waals surface area contributed by atoms with Crippen LogP contribution in [0.3, 0.4) is 0 Å². The molecule has 2 rings (SSSR count). The third-order valence-electron chi connectivity index (χ3n) is 4.18. The summed E-state index contributed by atoms with van der Waals surface area (Å²) < 4.78 is 10.1. The minimum absolute atomic E-state index is 0.00910. The number of phenols is 2. The first-order valence-electron chi connectivity index (χ1n) is 8.19. The van der Waals surface area contributed by atoms with Crippen LogP contribution in [0, 0.1) is 5.92 Å². The molecule has 0 bridgehead atoms. The maximum absolute atomic E-state index is 10.5. The normalized spacial score (nSPS) is 13.5. The second-order valence-corrected chi connectivity index (χ2v) is 5.89. The molecule has 2 unspecified atom stereocenters. The van der Waals surface area contributed by atoms with Gasteiger partial charge in [-0.1, -0.05) is 24.3 Å². The molecule has 0 fully saturated rings. The Balaban J connectivity index is 2.09. The fraction of sp³-hybridized carbons (Fsp3) is 0.300. The van der Waals surface area contributed by atoms with Gasteiger partial charge in [-0.05, 0) is 41.8 Å². The van der Waals surface area contributed by atoms with Crippen LogP contribution >= 0.6 is 0 Å². The second-order valence-electron chi connectivity index (χ2n) is 5.89. The number of ether oxygens (including phenoxy) is 2. The van der Waals surface area contributed by atoms with E-state index in [-0.39, 0.29) is 23.9 Å². The van der Waals surface area contributed by atoms with Crippen molar-refractivity contribution in [2.75, 3.05) is 20.8 Å². The monoisotopic (exact) mass is 360 g/mol. The molecule has 6 nitrogen and oxygen atoms in total. The van der Waals surface area contributed by atoms with Gasteiger partial charge in [0.25, 0.3) is 0 Å². The summed E-state index contributed by atoms with van der Waals surface area (Å²) in [5.41, 5.74) is 1.38. The number of aliphatic hydroxyl groups excluding tert-OH is 2. The molecule has 0 aromatic heterocycles. The Kier molecular flexibility index (Phi) is 6.89. The van der Waals surface area contributed by atoms with Crippen LogP contribution < -0.4 is 9.47 Å². The van der Waals surface area contributed by atoms with E-state index in [1.807, 2.05) is 12.2 Å². The highest BCUT2D eigenvalue weighted by molar-refractivity contribution is 5.55. The molecule has 0 aliphatic rings. The molecule has 0 aliphatic carbocycles. The lowest BCUT2D eigenvalue weighted by atomic mass is 9.93.